The monoisotopic (exact) mass is 245 g/mol. The fourth-order valence-electron chi connectivity index (χ4n) is 1.98. The summed E-state index contributed by atoms with van der Waals surface area (Å²) in [5, 5.41) is 2.65. The molecule has 2 rings (SSSR count). The molecule has 0 saturated heterocycles. The molecule has 0 unspecified atom stereocenters. The van der Waals surface area contributed by atoms with Crippen LogP contribution in [0.25, 0.3) is 11.0 Å². The minimum Gasteiger partial charge on any atom is -0.355 e. The molecular weight excluding hydrogens is 226 g/mol. The number of carbonyl (C=O) groups is 1. The summed E-state index contributed by atoms with van der Waals surface area (Å²) >= 11 is 0. The van der Waals surface area contributed by atoms with E-state index in [1.54, 1.807) is 7.05 Å². The maximum atomic E-state index is 11.8. The first-order valence-electron chi connectivity index (χ1n) is 6.03. The van der Waals surface area contributed by atoms with Crippen LogP contribution < -0.4 is 5.32 Å². The molecule has 4 nitrogen and oxygen atoms in total. The average Bonchev–Trinajstić information content (AvgIpc) is 2.64. The predicted molar refractivity (Wildman–Crippen MR) is 72.8 cm³/mol. The van der Waals surface area contributed by atoms with Crippen LogP contribution in [0.4, 0.5) is 0 Å². The molecule has 0 bridgehead atoms. The van der Waals surface area contributed by atoms with Crippen molar-refractivity contribution >= 4 is 16.9 Å². The number of nitrogens with one attached hydrogen (secondary N) is 1. The second kappa shape index (κ2) is 4.12. The van der Waals surface area contributed by atoms with Crippen LogP contribution >= 0.6 is 0 Å². The molecule has 0 saturated carbocycles. The number of pyridine rings is 1. The quantitative estimate of drug-likeness (QED) is 0.837. The summed E-state index contributed by atoms with van der Waals surface area (Å²) in [4.78, 5) is 16.5. The number of aryl methyl sites for hydroxylation is 1. The van der Waals surface area contributed by atoms with Crippen molar-refractivity contribution < 1.29 is 4.79 Å². The Morgan fingerprint density at radius 3 is 2.56 bits per heavy atom. The Kier molecular flexibility index (Phi) is 2.89. The predicted octanol–water partition coefficient (Wildman–Crippen LogP) is 2.23. The highest BCUT2D eigenvalue weighted by Gasteiger charge is 2.19. The second-order valence-corrected chi connectivity index (χ2v) is 5.55. The molecule has 0 aliphatic carbocycles. The summed E-state index contributed by atoms with van der Waals surface area (Å²) in [6.07, 6.45) is 1.82. The number of hydrogen-bond donors (Lipinski definition) is 1. The fraction of sp³-hybridized carbons (Fsp3) is 0.429. The summed E-state index contributed by atoms with van der Waals surface area (Å²) in [6.45, 7) is 6.34. The topological polar surface area (TPSA) is 46.9 Å². The van der Waals surface area contributed by atoms with Gasteiger partial charge < -0.3 is 9.88 Å². The number of fused-ring (bicyclic) bond motifs is 1. The molecule has 1 N–H and O–H groups in total. The van der Waals surface area contributed by atoms with E-state index in [1.807, 2.05) is 29.9 Å². The van der Waals surface area contributed by atoms with E-state index in [0.717, 1.165) is 16.7 Å². The van der Waals surface area contributed by atoms with Gasteiger partial charge in [-0.1, -0.05) is 20.8 Å². The zero-order chi connectivity index (χ0) is 13.5. The Balaban J connectivity index is 2.70. The SMILES string of the molecule is CNC(=O)c1cn(C)c2ccc(C(C)(C)C)nc12. The normalized spacial score (nSPS) is 11.8. The molecule has 1 amide bonds. The van der Waals surface area contributed by atoms with Gasteiger partial charge in [-0.05, 0) is 12.1 Å². The lowest BCUT2D eigenvalue weighted by Gasteiger charge is -2.17. The minimum absolute atomic E-state index is 0.0238. The lowest BCUT2D eigenvalue weighted by molar-refractivity contribution is 0.0964. The third kappa shape index (κ3) is 1.98. The molecule has 0 fully saturated rings. The number of hydrogen-bond acceptors (Lipinski definition) is 2. The van der Waals surface area contributed by atoms with Gasteiger partial charge in [0.2, 0.25) is 0 Å². The van der Waals surface area contributed by atoms with E-state index in [4.69, 9.17) is 0 Å². The van der Waals surface area contributed by atoms with Crippen LogP contribution in [0.3, 0.4) is 0 Å². The van der Waals surface area contributed by atoms with Crippen molar-refractivity contribution in [3.63, 3.8) is 0 Å². The molecule has 2 heterocycles. The van der Waals surface area contributed by atoms with Gasteiger partial charge in [0.25, 0.3) is 5.91 Å². The van der Waals surface area contributed by atoms with Gasteiger partial charge in [-0.15, -0.1) is 0 Å². The maximum Gasteiger partial charge on any atom is 0.254 e. The molecule has 0 aromatic carbocycles. The highest BCUT2D eigenvalue weighted by molar-refractivity contribution is 6.05. The first-order valence-corrected chi connectivity index (χ1v) is 6.03. The highest BCUT2D eigenvalue weighted by Crippen LogP contribution is 2.25. The molecule has 0 spiro atoms. The Morgan fingerprint density at radius 2 is 2.00 bits per heavy atom. The number of rotatable bonds is 1. The second-order valence-electron chi connectivity index (χ2n) is 5.55. The van der Waals surface area contributed by atoms with E-state index < -0.39 is 0 Å². The Hall–Kier alpha value is -1.84. The van der Waals surface area contributed by atoms with Gasteiger partial charge in [-0.25, -0.2) is 4.98 Å². The van der Waals surface area contributed by atoms with Crippen molar-refractivity contribution in [3.05, 3.63) is 29.6 Å². The van der Waals surface area contributed by atoms with Crippen molar-refractivity contribution in [3.8, 4) is 0 Å². The molecule has 0 aliphatic heterocycles. The van der Waals surface area contributed by atoms with Gasteiger partial charge in [0.15, 0.2) is 0 Å². The van der Waals surface area contributed by atoms with Crippen LogP contribution in [-0.2, 0) is 12.5 Å². The summed E-state index contributed by atoms with van der Waals surface area (Å²) in [5.41, 5.74) is 3.34. The summed E-state index contributed by atoms with van der Waals surface area (Å²) in [6, 6.07) is 4.05. The van der Waals surface area contributed by atoms with Gasteiger partial charge >= 0.3 is 0 Å². The van der Waals surface area contributed by atoms with Crippen LogP contribution in [0.5, 0.6) is 0 Å². The zero-order valence-corrected chi connectivity index (χ0v) is 11.5. The van der Waals surface area contributed by atoms with E-state index in [9.17, 15) is 4.79 Å². The molecule has 0 radical (unpaired) electrons. The summed E-state index contributed by atoms with van der Waals surface area (Å²) in [7, 11) is 3.56. The molecular formula is C14H19N3O. The zero-order valence-electron chi connectivity index (χ0n) is 11.5. The van der Waals surface area contributed by atoms with E-state index >= 15 is 0 Å². The Bertz CT molecular complexity index is 605. The highest BCUT2D eigenvalue weighted by atomic mass is 16.1. The molecule has 2 aromatic rings. The van der Waals surface area contributed by atoms with E-state index in [2.05, 4.69) is 31.1 Å². The van der Waals surface area contributed by atoms with Crippen molar-refractivity contribution in [2.24, 2.45) is 7.05 Å². The lowest BCUT2D eigenvalue weighted by atomic mass is 9.91. The van der Waals surface area contributed by atoms with Crippen LogP contribution in [-0.4, -0.2) is 22.5 Å². The lowest BCUT2D eigenvalue weighted by Crippen LogP contribution is -2.18. The van der Waals surface area contributed by atoms with Crippen molar-refractivity contribution in [2.75, 3.05) is 7.05 Å². The van der Waals surface area contributed by atoms with Crippen molar-refractivity contribution in [2.45, 2.75) is 26.2 Å². The van der Waals surface area contributed by atoms with Crippen molar-refractivity contribution in [1.82, 2.24) is 14.9 Å². The number of amides is 1. The summed E-state index contributed by atoms with van der Waals surface area (Å²) in [5.74, 6) is -0.0980. The largest absolute Gasteiger partial charge is 0.355 e. The van der Waals surface area contributed by atoms with Gasteiger partial charge in [-0.2, -0.15) is 0 Å². The molecule has 4 heteroatoms. The number of aromatic nitrogens is 2. The first-order chi connectivity index (χ1) is 8.34. The third-order valence-electron chi connectivity index (χ3n) is 3.07. The van der Waals surface area contributed by atoms with E-state index in [0.29, 0.717) is 5.56 Å². The van der Waals surface area contributed by atoms with Crippen LogP contribution in [0.15, 0.2) is 18.3 Å². The molecule has 2 aromatic heterocycles. The minimum atomic E-state index is -0.0980. The molecule has 18 heavy (non-hydrogen) atoms. The number of carbonyl (C=O) groups excluding carboxylic acids is 1. The molecule has 0 aliphatic rings. The first kappa shape index (κ1) is 12.6. The van der Waals surface area contributed by atoms with Gasteiger partial charge in [0.05, 0.1) is 11.1 Å². The smallest absolute Gasteiger partial charge is 0.254 e. The summed E-state index contributed by atoms with van der Waals surface area (Å²) < 4.78 is 1.93. The third-order valence-corrected chi connectivity index (χ3v) is 3.07. The van der Waals surface area contributed by atoms with Crippen LogP contribution in [0.2, 0.25) is 0 Å². The van der Waals surface area contributed by atoms with Crippen molar-refractivity contribution in [1.29, 1.82) is 0 Å². The number of nitrogens with zero attached hydrogens (tertiary/aromatic N) is 2. The van der Waals surface area contributed by atoms with Gasteiger partial charge in [0, 0.05) is 31.4 Å². The van der Waals surface area contributed by atoms with Crippen LogP contribution in [0, 0.1) is 0 Å². The van der Waals surface area contributed by atoms with E-state index in [-0.39, 0.29) is 11.3 Å². The average molecular weight is 245 g/mol. The van der Waals surface area contributed by atoms with Gasteiger partial charge in [-0.3, -0.25) is 4.79 Å². The Labute approximate surface area is 107 Å². The molecule has 0 atom stereocenters. The fourth-order valence-corrected chi connectivity index (χ4v) is 1.98. The Morgan fingerprint density at radius 1 is 1.33 bits per heavy atom. The van der Waals surface area contributed by atoms with Crippen LogP contribution in [0.1, 0.15) is 36.8 Å². The van der Waals surface area contributed by atoms with E-state index in [1.165, 1.54) is 0 Å². The standard InChI is InChI=1S/C14H19N3O/c1-14(2,3)11-7-6-10-12(16-11)9(8-17(10)5)13(18)15-4/h6-8H,1-5H3,(H,15,18). The van der Waals surface area contributed by atoms with Gasteiger partial charge in [0.1, 0.15) is 5.52 Å². The molecule has 96 valence electrons. The maximum absolute atomic E-state index is 11.8.